The number of hydrogen-bond acceptors (Lipinski definition) is 4. The number of pyridine rings is 1. The van der Waals surface area contributed by atoms with Gasteiger partial charge in [-0.3, -0.25) is 4.98 Å². The molecule has 3 aromatic rings. The smallest absolute Gasteiger partial charge is 0.337 e. The van der Waals surface area contributed by atoms with E-state index in [-0.39, 0.29) is 17.4 Å². The molecule has 0 aliphatic carbocycles. The Kier molecular flexibility index (Phi) is 8.31. The van der Waals surface area contributed by atoms with E-state index in [1.807, 2.05) is 48.5 Å². The molecule has 1 aromatic heterocycles. The Morgan fingerprint density at radius 2 is 1.51 bits per heavy atom. The lowest BCUT2D eigenvalue weighted by Crippen LogP contribution is -2.33. The molecule has 35 heavy (non-hydrogen) atoms. The summed E-state index contributed by atoms with van der Waals surface area (Å²) in [4.78, 5) is 16.5. The molecule has 0 unspecified atom stereocenters. The second-order valence-electron chi connectivity index (χ2n) is 9.05. The topological polar surface area (TPSA) is 87.6 Å². The van der Waals surface area contributed by atoms with Gasteiger partial charge in [-0.2, -0.15) is 4.31 Å². The zero-order valence-corrected chi connectivity index (χ0v) is 20.7. The van der Waals surface area contributed by atoms with Gasteiger partial charge in [-0.05, 0) is 68.2 Å². The molecule has 2 heterocycles. The molecule has 2 aromatic carbocycles. The van der Waals surface area contributed by atoms with Crippen molar-refractivity contribution in [1.29, 1.82) is 0 Å². The minimum absolute atomic E-state index is 0.0928. The number of aryl methyl sites for hydroxylation is 3. The lowest BCUT2D eigenvalue weighted by Gasteiger charge is -2.24. The van der Waals surface area contributed by atoms with E-state index in [4.69, 9.17) is 4.98 Å². The maximum Gasteiger partial charge on any atom is 0.337 e. The Morgan fingerprint density at radius 3 is 2.14 bits per heavy atom. The van der Waals surface area contributed by atoms with Gasteiger partial charge in [0.25, 0.3) is 0 Å². The maximum atomic E-state index is 13.2. The van der Waals surface area contributed by atoms with Crippen LogP contribution in [0.4, 0.5) is 0 Å². The number of aromatic carboxylic acids is 1. The monoisotopic (exact) mass is 492 g/mol. The molecule has 1 atom stereocenters. The van der Waals surface area contributed by atoms with Crippen molar-refractivity contribution < 1.29 is 18.3 Å². The van der Waals surface area contributed by atoms with Crippen molar-refractivity contribution in [2.75, 3.05) is 12.3 Å². The van der Waals surface area contributed by atoms with Crippen LogP contribution in [0.15, 0.2) is 72.8 Å². The quantitative estimate of drug-likeness (QED) is 0.404. The Bertz CT molecular complexity index is 1230. The molecular formula is C28H32N2O4S. The normalized spacial score (nSPS) is 16.4. The molecule has 0 amide bonds. The number of carboxylic acids is 1. The van der Waals surface area contributed by atoms with Crippen molar-refractivity contribution in [3.63, 3.8) is 0 Å². The van der Waals surface area contributed by atoms with Crippen molar-refractivity contribution in [3.05, 3.63) is 101 Å². The summed E-state index contributed by atoms with van der Waals surface area (Å²) in [5.74, 6) is -0.911. The van der Waals surface area contributed by atoms with Crippen LogP contribution < -0.4 is 0 Å². The summed E-state index contributed by atoms with van der Waals surface area (Å²) in [6, 6.07) is 22.9. The lowest BCUT2D eigenvalue weighted by molar-refractivity contribution is 0.0695. The summed E-state index contributed by atoms with van der Waals surface area (Å²) < 4.78 is 28.0. The Labute approximate surface area is 207 Å². The second kappa shape index (κ2) is 11.6. The van der Waals surface area contributed by atoms with Gasteiger partial charge in [-0.1, -0.05) is 60.7 Å². The van der Waals surface area contributed by atoms with E-state index in [9.17, 15) is 18.3 Å². The van der Waals surface area contributed by atoms with Crippen molar-refractivity contribution >= 4 is 16.0 Å². The van der Waals surface area contributed by atoms with E-state index in [0.717, 1.165) is 31.2 Å². The standard InChI is InChI=1S/C28H32N2O4S/c31-28(32)24-18-19-26(29-25(24)16-7-14-22-10-3-1-4-11-22)27-17-8-20-30(27)35(33,34)21-9-15-23-12-5-2-6-13-23/h1-6,10-13,18-19,27H,7-9,14-17,20-21H2,(H,31,32)/t27-/m1/s1. The van der Waals surface area contributed by atoms with E-state index >= 15 is 0 Å². The maximum absolute atomic E-state index is 13.2. The predicted octanol–water partition coefficient (Wildman–Crippen LogP) is 5.05. The van der Waals surface area contributed by atoms with E-state index in [1.54, 1.807) is 16.4 Å². The van der Waals surface area contributed by atoms with Gasteiger partial charge in [0.2, 0.25) is 10.0 Å². The number of rotatable bonds is 11. The van der Waals surface area contributed by atoms with Crippen molar-refractivity contribution in [1.82, 2.24) is 9.29 Å². The van der Waals surface area contributed by atoms with Gasteiger partial charge in [0, 0.05) is 6.54 Å². The first-order valence-corrected chi connectivity index (χ1v) is 13.9. The number of aromatic nitrogens is 1. The van der Waals surface area contributed by atoms with Gasteiger partial charge >= 0.3 is 5.97 Å². The Hall–Kier alpha value is -3.03. The second-order valence-corrected chi connectivity index (χ2v) is 11.1. The van der Waals surface area contributed by atoms with Crippen molar-refractivity contribution in [3.8, 4) is 0 Å². The molecule has 0 spiro atoms. The number of hydrogen-bond donors (Lipinski definition) is 1. The van der Waals surface area contributed by atoms with Crippen LogP contribution >= 0.6 is 0 Å². The van der Waals surface area contributed by atoms with Crippen molar-refractivity contribution in [2.24, 2.45) is 0 Å². The average Bonchev–Trinajstić information content (AvgIpc) is 3.36. The third-order valence-corrected chi connectivity index (χ3v) is 8.52. The fraction of sp³-hybridized carbons (Fsp3) is 0.357. The number of nitrogens with zero attached hydrogens (tertiary/aromatic N) is 2. The summed E-state index contributed by atoms with van der Waals surface area (Å²) in [7, 11) is -3.44. The summed E-state index contributed by atoms with van der Waals surface area (Å²) in [6.45, 7) is 0.476. The van der Waals surface area contributed by atoms with E-state index in [1.165, 1.54) is 5.56 Å². The first-order chi connectivity index (χ1) is 16.9. The van der Waals surface area contributed by atoms with Gasteiger partial charge in [0.05, 0.1) is 28.7 Å². The van der Waals surface area contributed by atoms with Crippen molar-refractivity contribution in [2.45, 2.75) is 51.0 Å². The Morgan fingerprint density at radius 1 is 0.886 bits per heavy atom. The highest BCUT2D eigenvalue weighted by atomic mass is 32.2. The number of carboxylic acid groups (broad SMARTS) is 1. The summed E-state index contributed by atoms with van der Waals surface area (Å²) in [6.07, 6.45) is 4.88. The van der Waals surface area contributed by atoms with Crippen LogP contribution in [0.1, 0.15) is 64.6 Å². The molecule has 4 rings (SSSR count). The molecule has 1 saturated heterocycles. The van der Waals surface area contributed by atoms with Crippen LogP contribution in [0.5, 0.6) is 0 Å². The summed E-state index contributed by atoms with van der Waals surface area (Å²) in [5, 5.41) is 9.66. The zero-order valence-electron chi connectivity index (χ0n) is 19.8. The Balaban J connectivity index is 1.46. The van der Waals surface area contributed by atoms with Crippen LogP contribution in [-0.2, 0) is 29.3 Å². The average molecular weight is 493 g/mol. The van der Waals surface area contributed by atoms with Crippen LogP contribution in [0.3, 0.4) is 0 Å². The summed E-state index contributed by atoms with van der Waals surface area (Å²) >= 11 is 0. The summed E-state index contributed by atoms with van der Waals surface area (Å²) in [5.41, 5.74) is 3.70. The minimum Gasteiger partial charge on any atom is -0.478 e. The van der Waals surface area contributed by atoms with Gasteiger partial charge in [-0.25, -0.2) is 13.2 Å². The molecule has 6 nitrogen and oxygen atoms in total. The fourth-order valence-electron chi connectivity index (χ4n) is 4.78. The van der Waals surface area contributed by atoms with Crippen LogP contribution in [0, 0.1) is 0 Å². The largest absolute Gasteiger partial charge is 0.478 e. The van der Waals surface area contributed by atoms with Crippen LogP contribution in [0.2, 0.25) is 0 Å². The number of benzene rings is 2. The lowest BCUT2D eigenvalue weighted by atomic mass is 10.0. The molecule has 1 aliphatic rings. The fourth-order valence-corrected chi connectivity index (χ4v) is 6.54. The molecule has 1 N–H and O–H groups in total. The number of sulfonamides is 1. The highest BCUT2D eigenvalue weighted by Gasteiger charge is 2.36. The third-order valence-electron chi connectivity index (χ3n) is 6.56. The highest BCUT2D eigenvalue weighted by Crippen LogP contribution is 2.34. The highest BCUT2D eigenvalue weighted by molar-refractivity contribution is 7.89. The predicted molar refractivity (Wildman–Crippen MR) is 137 cm³/mol. The zero-order chi connectivity index (χ0) is 24.7. The van der Waals surface area contributed by atoms with Crippen LogP contribution in [0.25, 0.3) is 0 Å². The first kappa shape index (κ1) is 25.1. The van der Waals surface area contributed by atoms with E-state index in [2.05, 4.69) is 12.1 Å². The molecule has 0 bridgehead atoms. The van der Waals surface area contributed by atoms with Crippen LogP contribution in [-0.4, -0.2) is 41.1 Å². The molecule has 0 saturated carbocycles. The molecule has 184 valence electrons. The number of carbonyl (C=O) groups is 1. The third kappa shape index (κ3) is 6.55. The van der Waals surface area contributed by atoms with Gasteiger partial charge in [0.1, 0.15) is 0 Å². The minimum atomic E-state index is -3.44. The van der Waals surface area contributed by atoms with Gasteiger partial charge in [-0.15, -0.1) is 0 Å². The molecule has 7 heteroatoms. The molecular weight excluding hydrogens is 460 g/mol. The molecule has 0 radical (unpaired) electrons. The molecule has 1 fully saturated rings. The SMILES string of the molecule is O=C(O)c1ccc([C@H]2CCCN2S(=O)(=O)CCCc2ccccc2)nc1CCCc1ccccc1. The van der Waals surface area contributed by atoms with E-state index < -0.39 is 16.0 Å². The molecule has 1 aliphatic heterocycles. The first-order valence-electron chi connectivity index (χ1n) is 12.2. The van der Waals surface area contributed by atoms with Gasteiger partial charge < -0.3 is 5.11 Å². The van der Waals surface area contributed by atoms with E-state index in [0.29, 0.717) is 37.2 Å². The van der Waals surface area contributed by atoms with Gasteiger partial charge in [0.15, 0.2) is 0 Å².